The molecule has 24 heavy (non-hydrogen) atoms. The Labute approximate surface area is 131 Å². The zero-order chi connectivity index (χ0) is 19.0. The second-order valence-electron chi connectivity index (χ2n) is 5.19. The average Bonchev–Trinajstić information content (AvgIpc) is 2.43. The van der Waals surface area contributed by atoms with E-state index in [4.69, 9.17) is 0 Å². The molecule has 1 aromatic carbocycles. The van der Waals surface area contributed by atoms with Crippen LogP contribution in [0.15, 0.2) is 24.3 Å². The third-order valence-electron chi connectivity index (χ3n) is 3.35. The predicted octanol–water partition coefficient (Wildman–Crippen LogP) is 5.54. The molecule has 1 unspecified atom stereocenters. The molecule has 1 nitrogen and oxygen atoms in total. The first-order valence-electron chi connectivity index (χ1n) is 6.47. The first-order valence-corrected chi connectivity index (χ1v) is 6.47. The smallest absolute Gasteiger partial charge is 0.377 e. The molecule has 138 valence electrons. The summed E-state index contributed by atoms with van der Waals surface area (Å²) in [6, 6.07) is 5.39. The molecule has 0 N–H and O–H groups in total. The summed E-state index contributed by atoms with van der Waals surface area (Å²) >= 11 is 0. The van der Waals surface area contributed by atoms with Crippen LogP contribution in [-0.2, 0) is 4.74 Å². The SMILES string of the molecule is COC(CC(F)(F)C(F)(F)C(F)(F)C(F)(F)F)c1cccc(C)c1. The fourth-order valence-electron chi connectivity index (χ4n) is 1.98. The molecule has 0 heterocycles. The minimum Gasteiger partial charge on any atom is -0.377 e. The summed E-state index contributed by atoms with van der Waals surface area (Å²) in [5.74, 6) is -19.2. The van der Waals surface area contributed by atoms with Crippen molar-refractivity contribution in [1.82, 2.24) is 0 Å². The number of ether oxygens (including phenoxy) is 1. The van der Waals surface area contributed by atoms with Gasteiger partial charge in [-0.3, -0.25) is 0 Å². The van der Waals surface area contributed by atoms with Gasteiger partial charge in [-0.2, -0.15) is 39.5 Å². The van der Waals surface area contributed by atoms with Crippen molar-refractivity contribution in [1.29, 1.82) is 0 Å². The average molecular weight is 368 g/mol. The normalized spacial score (nSPS) is 15.5. The summed E-state index contributed by atoms with van der Waals surface area (Å²) in [5, 5.41) is 0. The molecule has 0 spiro atoms. The number of alkyl halides is 9. The zero-order valence-electron chi connectivity index (χ0n) is 12.4. The summed E-state index contributed by atoms with van der Waals surface area (Å²) < 4.78 is 120. The van der Waals surface area contributed by atoms with Gasteiger partial charge in [0.15, 0.2) is 0 Å². The highest BCUT2D eigenvalue weighted by atomic mass is 19.4. The molecule has 0 amide bonds. The Morgan fingerprint density at radius 1 is 0.917 bits per heavy atom. The van der Waals surface area contributed by atoms with E-state index in [1.54, 1.807) is 13.0 Å². The Morgan fingerprint density at radius 3 is 1.88 bits per heavy atom. The molecule has 0 aliphatic rings. The zero-order valence-corrected chi connectivity index (χ0v) is 12.4. The van der Waals surface area contributed by atoms with E-state index in [-0.39, 0.29) is 5.56 Å². The van der Waals surface area contributed by atoms with Crippen molar-refractivity contribution in [3.63, 3.8) is 0 Å². The van der Waals surface area contributed by atoms with E-state index in [1.807, 2.05) is 0 Å². The van der Waals surface area contributed by atoms with Crippen LogP contribution in [0.2, 0.25) is 0 Å². The standard InChI is InChI=1S/C14H13F9O/c1-8-4-3-5-9(6-8)10(24-2)7-11(15,16)12(17,18)13(19,20)14(21,22)23/h3-6,10H,7H2,1-2H3. The lowest BCUT2D eigenvalue weighted by Crippen LogP contribution is -2.61. The summed E-state index contributed by atoms with van der Waals surface area (Å²) in [4.78, 5) is 0. The van der Waals surface area contributed by atoms with Crippen LogP contribution in [0, 0.1) is 6.92 Å². The van der Waals surface area contributed by atoms with Gasteiger partial charge in [0.1, 0.15) is 0 Å². The molecule has 0 saturated carbocycles. The first-order chi connectivity index (χ1) is 10.7. The van der Waals surface area contributed by atoms with Gasteiger partial charge in [0.25, 0.3) is 0 Å². The van der Waals surface area contributed by atoms with Crippen LogP contribution >= 0.6 is 0 Å². The lowest BCUT2D eigenvalue weighted by atomic mass is 9.94. The molecule has 0 aliphatic carbocycles. The quantitative estimate of drug-likeness (QED) is 0.599. The molecular weight excluding hydrogens is 355 g/mol. The second kappa shape index (κ2) is 6.45. The Bertz CT molecular complexity index is 566. The van der Waals surface area contributed by atoms with E-state index in [9.17, 15) is 39.5 Å². The van der Waals surface area contributed by atoms with Gasteiger partial charge in [-0.25, -0.2) is 0 Å². The van der Waals surface area contributed by atoms with Crippen molar-refractivity contribution in [2.24, 2.45) is 0 Å². The van der Waals surface area contributed by atoms with Gasteiger partial charge in [-0.15, -0.1) is 0 Å². The van der Waals surface area contributed by atoms with Crippen molar-refractivity contribution in [3.05, 3.63) is 35.4 Å². The van der Waals surface area contributed by atoms with Gasteiger partial charge in [0, 0.05) is 13.5 Å². The van der Waals surface area contributed by atoms with E-state index < -0.39 is 36.5 Å². The molecule has 0 fully saturated rings. The monoisotopic (exact) mass is 368 g/mol. The first kappa shape index (κ1) is 20.6. The molecule has 0 saturated heterocycles. The van der Waals surface area contributed by atoms with Crippen LogP contribution in [0.3, 0.4) is 0 Å². The number of benzene rings is 1. The third-order valence-corrected chi connectivity index (χ3v) is 3.35. The lowest BCUT2D eigenvalue weighted by Gasteiger charge is -2.35. The summed E-state index contributed by atoms with van der Waals surface area (Å²) in [6.45, 7) is 1.54. The Hall–Kier alpha value is -1.45. The van der Waals surface area contributed by atoms with Crippen molar-refractivity contribution in [3.8, 4) is 0 Å². The minimum atomic E-state index is -6.89. The van der Waals surface area contributed by atoms with E-state index in [0.717, 1.165) is 7.11 Å². The van der Waals surface area contributed by atoms with Gasteiger partial charge in [-0.05, 0) is 12.5 Å². The largest absolute Gasteiger partial charge is 0.460 e. The molecule has 1 atom stereocenters. The molecule has 0 aromatic heterocycles. The van der Waals surface area contributed by atoms with Gasteiger partial charge >= 0.3 is 23.9 Å². The van der Waals surface area contributed by atoms with Crippen LogP contribution < -0.4 is 0 Å². The van der Waals surface area contributed by atoms with Crippen molar-refractivity contribution in [2.75, 3.05) is 7.11 Å². The van der Waals surface area contributed by atoms with E-state index in [2.05, 4.69) is 4.74 Å². The van der Waals surface area contributed by atoms with Crippen LogP contribution in [0.4, 0.5) is 39.5 Å². The number of hydrogen-bond donors (Lipinski definition) is 0. The van der Waals surface area contributed by atoms with Crippen LogP contribution in [0.1, 0.15) is 23.7 Å². The number of hydrogen-bond acceptors (Lipinski definition) is 1. The van der Waals surface area contributed by atoms with Crippen molar-refractivity contribution >= 4 is 0 Å². The Kier molecular flexibility index (Phi) is 5.54. The number of aryl methyl sites for hydroxylation is 1. The second-order valence-corrected chi connectivity index (χ2v) is 5.19. The van der Waals surface area contributed by atoms with Crippen LogP contribution in [-0.4, -0.2) is 31.1 Å². The number of halogens is 9. The highest BCUT2D eigenvalue weighted by Crippen LogP contribution is 2.55. The highest BCUT2D eigenvalue weighted by molar-refractivity contribution is 5.24. The molecular formula is C14H13F9O. The molecule has 10 heteroatoms. The van der Waals surface area contributed by atoms with Gasteiger partial charge < -0.3 is 4.74 Å². The minimum absolute atomic E-state index is 0.0525. The van der Waals surface area contributed by atoms with Crippen LogP contribution in [0.5, 0.6) is 0 Å². The molecule has 0 bridgehead atoms. The maximum atomic E-state index is 13.6. The maximum Gasteiger partial charge on any atom is 0.460 e. The molecule has 1 rings (SSSR count). The summed E-state index contributed by atoms with van der Waals surface area (Å²) in [5.41, 5.74) is 0.480. The fourth-order valence-corrected chi connectivity index (χ4v) is 1.98. The van der Waals surface area contributed by atoms with Crippen molar-refractivity contribution < 1.29 is 44.3 Å². The molecule has 0 aliphatic heterocycles. The number of rotatable bonds is 6. The van der Waals surface area contributed by atoms with E-state index >= 15 is 0 Å². The Morgan fingerprint density at radius 2 is 1.46 bits per heavy atom. The van der Waals surface area contributed by atoms with Gasteiger partial charge in [0.2, 0.25) is 0 Å². The number of methoxy groups -OCH3 is 1. The van der Waals surface area contributed by atoms with Gasteiger partial charge in [-0.1, -0.05) is 29.8 Å². The van der Waals surface area contributed by atoms with Crippen LogP contribution in [0.25, 0.3) is 0 Å². The lowest BCUT2D eigenvalue weighted by molar-refractivity contribution is -0.398. The summed E-state index contributed by atoms with van der Waals surface area (Å²) in [6.07, 6.45) is -10.7. The highest BCUT2D eigenvalue weighted by Gasteiger charge is 2.81. The Balaban J connectivity index is 3.18. The maximum absolute atomic E-state index is 13.6. The fraction of sp³-hybridized carbons (Fsp3) is 0.571. The van der Waals surface area contributed by atoms with E-state index in [1.165, 1.54) is 18.2 Å². The van der Waals surface area contributed by atoms with Crippen molar-refractivity contribution in [2.45, 2.75) is 43.4 Å². The molecule has 1 aromatic rings. The third kappa shape index (κ3) is 3.62. The summed E-state index contributed by atoms with van der Waals surface area (Å²) in [7, 11) is 0.850. The molecule has 0 radical (unpaired) electrons. The van der Waals surface area contributed by atoms with E-state index in [0.29, 0.717) is 5.56 Å². The predicted molar refractivity (Wildman–Crippen MR) is 66.4 cm³/mol. The van der Waals surface area contributed by atoms with Gasteiger partial charge in [0.05, 0.1) is 6.10 Å². The topological polar surface area (TPSA) is 9.23 Å².